The van der Waals surface area contributed by atoms with E-state index in [4.69, 9.17) is 5.73 Å². The van der Waals surface area contributed by atoms with E-state index in [1.165, 1.54) is 12.1 Å². The van der Waals surface area contributed by atoms with E-state index in [2.05, 4.69) is 22.5 Å². The molecule has 1 aliphatic heterocycles. The lowest BCUT2D eigenvalue weighted by molar-refractivity contribution is -0.138. The number of carbonyl (C=O) groups excluding carboxylic acids is 3. The summed E-state index contributed by atoms with van der Waals surface area (Å²) in [6.07, 6.45) is 4.16. The molecule has 4 N–H and O–H groups in total. The Morgan fingerprint density at radius 1 is 1.11 bits per heavy atom. The normalized spacial score (nSPS) is 23.4. The van der Waals surface area contributed by atoms with Crippen molar-refractivity contribution in [2.45, 2.75) is 70.9 Å². The van der Waals surface area contributed by atoms with E-state index in [1.54, 1.807) is 17.9 Å². The molecule has 1 aliphatic carbocycles. The summed E-state index contributed by atoms with van der Waals surface area (Å²) in [6.45, 7) is 8.44. The zero-order valence-corrected chi connectivity index (χ0v) is 22.1. The van der Waals surface area contributed by atoms with Gasteiger partial charge in [0.15, 0.2) is 0 Å². The molecule has 1 heterocycles. The lowest BCUT2D eigenvalue weighted by Crippen LogP contribution is -2.55. The van der Waals surface area contributed by atoms with Crippen LogP contribution in [0.3, 0.4) is 0 Å². The summed E-state index contributed by atoms with van der Waals surface area (Å²) < 4.78 is 15.1. The molecule has 2 fully saturated rings. The van der Waals surface area contributed by atoms with E-state index in [0.29, 0.717) is 24.6 Å². The van der Waals surface area contributed by atoms with Crippen LogP contribution in [0.5, 0.6) is 0 Å². The Morgan fingerprint density at radius 3 is 2.33 bits per heavy atom. The fourth-order valence-corrected chi connectivity index (χ4v) is 5.08. The minimum atomic E-state index is -0.803. The first-order chi connectivity index (χ1) is 17.1. The summed E-state index contributed by atoms with van der Waals surface area (Å²) in [5, 5.41) is 5.49. The van der Waals surface area contributed by atoms with Gasteiger partial charge in [-0.3, -0.25) is 14.4 Å². The maximum Gasteiger partial charge on any atom is 0.245 e. The van der Waals surface area contributed by atoms with Gasteiger partial charge in [0.1, 0.15) is 11.9 Å². The molecule has 0 radical (unpaired) electrons. The van der Waals surface area contributed by atoms with Crippen molar-refractivity contribution in [3.63, 3.8) is 0 Å². The van der Waals surface area contributed by atoms with Crippen molar-refractivity contribution >= 4 is 23.4 Å². The standard InChI is InChI=1S/C27H42FN5O3/c1-5-23(34)31-25(27(36)33-14-12-32(4)13-15-33)18(3)20-10-11-22(21(28)16-20)30-26(35)24(29)19-8-6-17(2)7-9-19/h10-11,16-19,24-25H,5-9,12-15,29H2,1-4H3,(H,30,35)(H,31,34)/t17-,18-,19-,24-,25+/m0/s1. The number of amides is 3. The summed E-state index contributed by atoms with van der Waals surface area (Å²) in [6, 6.07) is 3.05. The molecular formula is C27H42FN5O3. The molecule has 2 aliphatic rings. The molecule has 200 valence electrons. The number of likely N-dealkylation sites (N-methyl/N-ethyl adjacent to an activating group) is 1. The second-order valence-corrected chi connectivity index (χ2v) is 10.6. The molecule has 36 heavy (non-hydrogen) atoms. The molecule has 1 aromatic rings. The van der Waals surface area contributed by atoms with Crippen LogP contribution < -0.4 is 16.4 Å². The fourth-order valence-electron chi connectivity index (χ4n) is 5.08. The number of anilines is 1. The van der Waals surface area contributed by atoms with Crippen LogP contribution >= 0.6 is 0 Å². The summed E-state index contributed by atoms with van der Waals surface area (Å²) >= 11 is 0. The first-order valence-electron chi connectivity index (χ1n) is 13.2. The number of piperazine rings is 1. The van der Waals surface area contributed by atoms with E-state index in [9.17, 15) is 14.4 Å². The zero-order valence-electron chi connectivity index (χ0n) is 22.1. The van der Waals surface area contributed by atoms with Crippen molar-refractivity contribution < 1.29 is 18.8 Å². The van der Waals surface area contributed by atoms with Gasteiger partial charge in [0, 0.05) is 38.5 Å². The number of rotatable bonds is 8. The van der Waals surface area contributed by atoms with E-state index in [1.807, 2.05) is 14.0 Å². The Morgan fingerprint density at radius 2 is 1.75 bits per heavy atom. The van der Waals surface area contributed by atoms with Crippen molar-refractivity contribution in [1.29, 1.82) is 0 Å². The molecule has 3 atom stereocenters. The molecule has 0 bridgehead atoms. The highest BCUT2D eigenvalue weighted by atomic mass is 19.1. The number of carbonyl (C=O) groups is 3. The van der Waals surface area contributed by atoms with Gasteiger partial charge in [0.25, 0.3) is 0 Å². The minimum Gasteiger partial charge on any atom is -0.344 e. The van der Waals surface area contributed by atoms with E-state index < -0.39 is 23.8 Å². The maximum absolute atomic E-state index is 15.1. The van der Waals surface area contributed by atoms with E-state index in [0.717, 1.165) is 38.8 Å². The van der Waals surface area contributed by atoms with Gasteiger partial charge in [-0.25, -0.2) is 4.39 Å². The lowest BCUT2D eigenvalue weighted by Gasteiger charge is -2.36. The molecule has 0 unspecified atom stereocenters. The first kappa shape index (κ1) is 28.1. The molecule has 1 saturated heterocycles. The topological polar surface area (TPSA) is 108 Å². The van der Waals surface area contributed by atoms with Gasteiger partial charge in [-0.05, 0) is 49.4 Å². The Kier molecular flexibility index (Phi) is 9.84. The van der Waals surface area contributed by atoms with Crippen LogP contribution in [-0.2, 0) is 14.4 Å². The largest absolute Gasteiger partial charge is 0.344 e. The average molecular weight is 504 g/mol. The van der Waals surface area contributed by atoms with Crippen LogP contribution in [0.4, 0.5) is 10.1 Å². The van der Waals surface area contributed by atoms with Crippen LogP contribution in [0.25, 0.3) is 0 Å². The summed E-state index contributed by atoms with van der Waals surface area (Å²) in [4.78, 5) is 42.2. The van der Waals surface area contributed by atoms with Gasteiger partial charge >= 0.3 is 0 Å². The van der Waals surface area contributed by atoms with Crippen molar-refractivity contribution in [2.24, 2.45) is 17.6 Å². The van der Waals surface area contributed by atoms with Crippen molar-refractivity contribution in [3.8, 4) is 0 Å². The van der Waals surface area contributed by atoms with Crippen LogP contribution in [0.15, 0.2) is 18.2 Å². The quantitative estimate of drug-likeness (QED) is 0.506. The number of benzene rings is 1. The first-order valence-corrected chi connectivity index (χ1v) is 13.2. The van der Waals surface area contributed by atoms with Gasteiger partial charge in [0.05, 0.1) is 11.7 Å². The molecule has 1 saturated carbocycles. The van der Waals surface area contributed by atoms with Gasteiger partial charge in [-0.15, -0.1) is 0 Å². The highest BCUT2D eigenvalue weighted by Gasteiger charge is 2.33. The van der Waals surface area contributed by atoms with Crippen molar-refractivity contribution in [1.82, 2.24) is 15.1 Å². The fraction of sp³-hybridized carbons (Fsp3) is 0.667. The summed E-state index contributed by atoms with van der Waals surface area (Å²) in [5.74, 6) is -1.08. The Balaban J connectivity index is 1.71. The van der Waals surface area contributed by atoms with Crippen molar-refractivity contribution in [3.05, 3.63) is 29.6 Å². The number of halogens is 1. The van der Waals surface area contributed by atoms with E-state index >= 15 is 4.39 Å². The molecule has 8 nitrogen and oxygen atoms in total. The number of hydrogen-bond donors (Lipinski definition) is 3. The lowest BCUT2D eigenvalue weighted by atomic mass is 9.79. The van der Waals surface area contributed by atoms with Crippen molar-refractivity contribution in [2.75, 3.05) is 38.5 Å². The Labute approximate surface area is 214 Å². The van der Waals surface area contributed by atoms with Crippen LogP contribution in [0.1, 0.15) is 64.4 Å². The molecule has 3 amide bonds. The van der Waals surface area contributed by atoms with Crippen LogP contribution in [0, 0.1) is 17.7 Å². The molecule has 9 heteroatoms. The Hall–Kier alpha value is -2.52. The predicted molar refractivity (Wildman–Crippen MR) is 139 cm³/mol. The molecule has 1 aromatic carbocycles. The highest BCUT2D eigenvalue weighted by Crippen LogP contribution is 2.31. The Bertz CT molecular complexity index is 926. The van der Waals surface area contributed by atoms with Crippen LogP contribution in [-0.4, -0.2) is 72.8 Å². The second-order valence-electron chi connectivity index (χ2n) is 10.6. The zero-order chi connectivity index (χ0) is 26.4. The SMILES string of the molecule is CCC(=O)N[C@@H](C(=O)N1CCN(C)CC1)[C@@H](C)c1ccc(NC(=O)[C@@H](N)[C@H]2CC[C@H](C)CC2)c(F)c1. The van der Waals surface area contributed by atoms with E-state index in [-0.39, 0.29) is 35.7 Å². The van der Waals surface area contributed by atoms with Gasteiger partial charge in [-0.2, -0.15) is 0 Å². The molecule has 0 aromatic heterocycles. The number of nitrogens with one attached hydrogen (secondary N) is 2. The minimum absolute atomic E-state index is 0.0649. The number of hydrogen-bond acceptors (Lipinski definition) is 5. The number of nitrogens with zero attached hydrogens (tertiary/aromatic N) is 2. The number of nitrogens with two attached hydrogens (primary N) is 1. The van der Waals surface area contributed by atoms with Crippen LogP contribution in [0.2, 0.25) is 0 Å². The summed E-state index contributed by atoms with van der Waals surface area (Å²) in [7, 11) is 2.01. The third-order valence-corrected chi connectivity index (χ3v) is 7.87. The molecule has 3 rings (SSSR count). The third-order valence-electron chi connectivity index (χ3n) is 7.87. The molecule has 0 spiro atoms. The summed E-state index contributed by atoms with van der Waals surface area (Å²) in [5.41, 5.74) is 6.84. The monoisotopic (exact) mass is 503 g/mol. The maximum atomic E-state index is 15.1. The average Bonchev–Trinajstić information content (AvgIpc) is 2.87. The smallest absolute Gasteiger partial charge is 0.245 e. The van der Waals surface area contributed by atoms with Gasteiger partial charge in [0.2, 0.25) is 17.7 Å². The third kappa shape index (κ3) is 7.03. The van der Waals surface area contributed by atoms with Gasteiger partial charge < -0.3 is 26.2 Å². The molecular weight excluding hydrogens is 461 g/mol. The predicted octanol–water partition coefficient (Wildman–Crippen LogP) is 2.69. The van der Waals surface area contributed by atoms with Gasteiger partial charge in [-0.1, -0.05) is 39.7 Å². The second kappa shape index (κ2) is 12.6. The highest BCUT2D eigenvalue weighted by molar-refractivity contribution is 5.95.